The van der Waals surface area contributed by atoms with Gasteiger partial charge in [0.25, 0.3) is 0 Å². The van der Waals surface area contributed by atoms with E-state index in [1.165, 1.54) is 6.33 Å². The number of halogens is 1. The van der Waals surface area contributed by atoms with Crippen molar-refractivity contribution in [1.29, 1.82) is 0 Å². The molecule has 0 fully saturated rings. The maximum atomic E-state index is 5.98. The number of aromatic nitrogens is 2. The smallest absolute Gasteiger partial charge is 0.182 e. The number of ether oxygens (including phenoxy) is 2. The Morgan fingerprint density at radius 3 is 2.53 bits per heavy atom. The van der Waals surface area contributed by atoms with Crippen molar-refractivity contribution in [2.75, 3.05) is 13.7 Å². The Balaban J connectivity index is 2.29. The van der Waals surface area contributed by atoms with Crippen molar-refractivity contribution in [1.82, 2.24) is 9.97 Å². The molecule has 0 aliphatic rings. The highest BCUT2D eigenvalue weighted by atomic mass is 35.5. The van der Waals surface area contributed by atoms with E-state index in [0.717, 1.165) is 17.7 Å². The lowest BCUT2D eigenvalue weighted by atomic mass is 10.1. The van der Waals surface area contributed by atoms with Gasteiger partial charge in [0.15, 0.2) is 10.9 Å². The van der Waals surface area contributed by atoms with E-state index in [4.69, 9.17) is 21.1 Å². The summed E-state index contributed by atoms with van der Waals surface area (Å²) in [7, 11) is 1.55. The summed E-state index contributed by atoms with van der Waals surface area (Å²) in [5.74, 6) is 1.32. The van der Waals surface area contributed by atoms with Gasteiger partial charge in [0.2, 0.25) is 0 Å². The van der Waals surface area contributed by atoms with E-state index >= 15 is 0 Å². The van der Waals surface area contributed by atoms with E-state index in [1.54, 1.807) is 7.11 Å². The second-order valence-corrected chi connectivity index (χ2v) is 4.28. The average molecular weight is 279 g/mol. The minimum absolute atomic E-state index is 0.304. The molecule has 0 radical (unpaired) electrons. The molecule has 0 atom stereocenters. The molecule has 0 aliphatic carbocycles. The molecule has 0 spiro atoms. The van der Waals surface area contributed by atoms with Crippen LogP contribution in [-0.4, -0.2) is 23.7 Å². The summed E-state index contributed by atoms with van der Waals surface area (Å²) in [5, 5.41) is 0.304. The molecule has 0 N–H and O–H groups in total. The summed E-state index contributed by atoms with van der Waals surface area (Å²) >= 11 is 5.98. The zero-order valence-electron chi connectivity index (χ0n) is 10.9. The Morgan fingerprint density at radius 2 is 1.89 bits per heavy atom. The van der Waals surface area contributed by atoms with E-state index in [0.29, 0.717) is 23.2 Å². The van der Waals surface area contributed by atoms with Crippen LogP contribution in [0.25, 0.3) is 11.3 Å². The maximum absolute atomic E-state index is 5.98. The first-order valence-electron chi connectivity index (χ1n) is 6.04. The average Bonchev–Trinajstić information content (AvgIpc) is 2.45. The summed E-state index contributed by atoms with van der Waals surface area (Å²) in [5.41, 5.74) is 1.58. The molecular formula is C14H15ClN2O2. The molecule has 1 aromatic carbocycles. The highest BCUT2D eigenvalue weighted by molar-refractivity contribution is 6.31. The summed E-state index contributed by atoms with van der Waals surface area (Å²) in [6.07, 6.45) is 2.40. The van der Waals surface area contributed by atoms with E-state index in [-0.39, 0.29) is 0 Å². The number of nitrogens with zero attached hydrogens (tertiary/aromatic N) is 2. The molecule has 5 heteroatoms. The number of benzene rings is 1. The maximum Gasteiger partial charge on any atom is 0.182 e. The fourth-order valence-electron chi connectivity index (χ4n) is 1.67. The molecule has 0 unspecified atom stereocenters. The topological polar surface area (TPSA) is 44.2 Å². The van der Waals surface area contributed by atoms with Gasteiger partial charge in [-0.05, 0) is 30.7 Å². The second-order valence-electron chi connectivity index (χ2n) is 3.92. The van der Waals surface area contributed by atoms with Gasteiger partial charge in [0, 0.05) is 5.56 Å². The van der Waals surface area contributed by atoms with Crippen LogP contribution in [0.5, 0.6) is 11.5 Å². The van der Waals surface area contributed by atoms with E-state index < -0.39 is 0 Å². The zero-order valence-corrected chi connectivity index (χ0v) is 11.6. The van der Waals surface area contributed by atoms with Crippen molar-refractivity contribution in [2.45, 2.75) is 13.3 Å². The molecular weight excluding hydrogens is 264 g/mol. The van der Waals surface area contributed by atoms with Crippen molar-refractivity contribution in [2.24, 2.45) is 0 Å². The van der Waals surface area contributed by atoms with E-state index in [1.807, 2.05) is 24.3 Å². The van der Waals surface area contributed by atoms with E-state index in [2.05, 4.69) is 16.9 Å². The molecule has 2 rings (SSSR count). The standard InChI is InChI=1S/C14H15ClN2O2/c1-3-8-19-11-6-4-10(5-7-11)12-13(18-2)14(15)17-9-16-12/h4-7,9H,3,8H2,1-2H3. The van der Waals surface area contributed by atoms with Gasteiger partial charge < -0.3 is 9.47 Å². The van der Waals surface area contributed by atoms with E-state index in [9.17, 15) is 0 Å². The van der Waals surface area contributed by atoms with Crippen LogP contribution in [-0.2, 0) is 0 Å². The summed E-state index contributed by atoms with van der Waals surface area (Å²) < 4.78 is 10.8. The first kappa shape index (κ1) is 13.6. The zero-order chi connectivity index (χ0) is 13.7. The number of rotatable bonds is 5. The molecule has 0 saturated heterocycles. The van der Waals surface area contributed by atoms with Gasteiger partial charge in [-0.2, -0.15) is 0 Å². The van der Waals surface area contributed by atoms with Crippen LogP contribution >= 0.6 is 11.6 Å². The number of hydrogen-bond acceptors (Lipinski definition) is 4. The molecule has 1 aromatic heterocycles. The van der Waals surface area contributed by atoms with Gasteiger partial charge in [-0.3, -0.25) is 0 Å². The Kier molecular flexibility index (Phi) is 4.58. The lowest BCUT2D eigenvalue weighted by Gasteiger charge is -2.09. The van der Waals surface area contributed by atoms with Crippen LogP contribution in [0.15, 0.2) is 30.6 Å². The van der Waals surface area contributed by atoms with Crippen molar-refractivity contribution < 1.29 is 9.47 Å². The second kappa shape index (κ2) is 6.38. The minimum Gasteiger partial charge on any atom is -0.494 e. The van der Waals surface area contributed by atoms with Gasteiger partial charge in [0.05, 0.1) is 13.7 Å². The van der Waals surface area contributed by atoms with Crippen LogP contribution in [0.3, 0.4) is 0 Å². The van der Waals surface area contributed by atoms with Crippen LogP contribution in [0.1, 0.15) is 13.3 Å². The number of hydrogen-bond donors (Lipinski definition) is 0. The van der Waals surface area contributed by atoms with Gasteiger partial charge in [0.1, 0.15) is 17.8 Å². The van der Waals surface area contributed by atoms with Gasteiger partial charge in [-0.1, -0.05) is 18.5 Å². The third-order valence-electron chi connectivity index (χ3n) is 2.57. The van der Waals surface area contributed by atoms with Crippen molar-refractivity contribution in [3.8, 4) is 22.8 Å². The summed E-state index contributed by atoms with van der Waals surface area (Å²) in [6, 6.07) is 7.65. The largest absolute Gasteiger partial charge is 0.494 e. The Bertz CT molecular complexity index is 544. The third-order valence-corrected chi connectivity index (χ3v) is 2.83. The quantitative estimate of drug-likeness (QED) is 0.784. The van der Waals surface area contributed by atoms with Gasteiger partial charge in [-0.15, -0.1) is 0 Å². The lowest BCUT2D eigenvalue weighted by molar-refractivity contribution is 0.317. The molecule has 19 heavy (non-hydrogen) atoms. The number of methoxy groups -OCH3 is 1. The normalized spacial score (nSPS) is 10.3. The highest BCUT2D eigenvalue weighted by Gasteiger charge is 2.12. The fraction of sp³-hybridized carbons (Fsp3) is 0.286. The molecule has 0 aliphatic heterocycles. The van der Waals surface area contributed by atoms with Crippen LogP contribution in [0, 0.1) is 0 Å². The fourth-order valence-corrected chi connectivity index (χ4v) is 1.88. The van der Waals surface area contributed by atoms with Crippen LogP contribution < -0.4 is 9.47 Å². The Hall–Kier alpha value is -1.81. The predicted octanol–water partition coefficient (Wildman–Crippen LogP) is 3.59. The molecule has 0 bridgehead atoms. The third kappa shape index (κ3) is 3.15. The molecule has 1 heterocycles. The molecule has 0 amide bonds. The monoisotopic (exact) mass is 278 g/mol. The van der Waals surface area contributed by atoms with Crippen molar-refractivity contribution in [3.63, 3.8) is 0 Å². The van der Waals surface area contributed by atoms with Gasteiger partial charge in [-0.25, -0.2) is 9.97 Å². The summed E-state index contributed by atoms with van der Waals surface area (Å²) in [6.45, 7) is 2.78. The SMILES string of the molecule is CCCOc1ccc(-c2ncnc(Cl)c2OC)cc1. The molecule has 4 nitrogen and oxygen atoms in total. The van der Waals surface area contributed by atoms with Crippen LogP contribution in [0.2, 0.25) is 5.15 Å². The summed E-state index contributed by atoms with van der Waals surface area (Å²) in [4.78, 5) is 8.11. The first-order chi connectivity index (χ1) is 9.26. The predicted molar refractivity (Wildman–Crippen MR) is 74.8 cm³/mol. The highest BCUT2D eigenvalue weighted by Crippen LogP contribution is 2.33. The Labute approximate surface area is 117 Å². The molecule has 0 saturated carbocycles. The van der Waals surface area contributed by atoms with Crippen molar-refractivity contribution in [3.05, 3.63) is 35.7 Å². The molecule has 2 aromatic rings. The Morgan fingerprint density at radius 1 is 1.16 bits per heavy atom. The van der Waals surface area contributed by atoms with Crippen LogP contribution in [0.4, 0.5) is 0 Å². The lowest BCUT2D eigenvalue weighted by Crippen LogP contribution is -1.96. The van der Waals surface area contributed by atoms with Gasteiger partial charge >= 0.3 is 0 Å². The molecule has 100 valence electrons. The minimum atomic E-state index is 0.304. The first-order valence-corrected chi connectivity index (χ1v) is 6.41. The van der Waals surface area contributed by atoms with Crippen molar-refractivity contribution >= 4 is 11.6 Å².